The molecule has 1 aliphatic rings. The Kier molecular flexibility index (Phi) is 4.29. The number of rotatable bonds is 5. The molecular weight excluding hydrogens is 298 g/mol. The van der Waals surface area contributed by atoms with Gasteiger partial charge in [-0.25, -0.2) is 4.68 Å². The molecule has 0 unspecified atom stereocenters. The van der Waals surface area contributed by atoms with Gasteiger partial charge in [0.1, 0.15) is 6.54 Å². The Morgan fingerprint density at radius 3 is 2.82 bits per heavy atom. The van der Waals surface area contributed by atoms with Crippen LogP contribution in [0.2, 0.25) is 0 Å². The quantitative estimate of drug-likeness (QED) is 0.861. The van der Waals surface area contributed by atoms with Gasteiger partial charge in [-0.3, -0.25) is 9.59 Å². The SMILES string of the molecule is CSc1ccccc1NC(=O)Cn1nc(C2CC2)ccc1=O. The number of benzene rings is 1. The molecule has 1 saturated carbocycles. The minimum absolute atomic E-state index is 0.0674. The van der Waals surface area contributed by atoms with Crippen molar-refractivity contribution in [3.05, 3.63) is 52.4 Å². The molecule has 22 heavy (non-hydrogen) atoms. The number of aromatic nitrogens is 2. The highest BCUT2D eigenvalue weighted by Gasteiger charge is 2.25. The smallest absolute Gasteiger partial charge is 0.267 e. The predicted octanol–water partition coefficient (Wildman–Crippen LogP) is 2.48. The normalized spacial score (nSPS) is 13.9. The van der Waals surface area contributed by atoms with Crippen LogP contribution in [0.5, 0.6) is 0 Å². The molecule has 6 heteroatoms. The first-order chi connectivity index (χ1) is 10.7. The second kappa shape index (κ2) is 6.36. The van der Waals surface area contributed by atoms with Crippen molar-refractivity contribution in [2.45, 2.75) is 30.2 Å². The zero-order valence-electron chi connectivity index (χ0n) is 12.3. The number of amides is 1. The molecule has 0 bridgehead atoms. The van der Waals surface area contributed by atoms with Crippen LogP contribution in [0.25, 0.3) is 0 Å². The molecule has 1 aromatic heterocycles. The molecule has 1 heterocycles. The second-order valence-electron chi connectivity index (χ2n) is 5.28. The average Bonchev–Trinajstić information content (AvgIpc) is 3.35. The number of hydrogen-bond acceptors (Lipinski definition) is 4. The summed E-state index contributed by atoms with van der Waals surface area (Å²) in [5.74, 6) is 0.205. The van der Waals surface area contributed by atoms with E-state index in [9.17, 15) is 9.59 Å². The van der Waals surface area contributed by atoms with Crippen LogP contribution in [0.3, 0.4) is 0 Å². The minimum Gasteiger partial charge on any atom is -0.323 e. The summed E-state index contributed by atoms with van der Waals surface area (Å²) in [5.41, 5.74) is 1.40. The van der Waals surface area contributed by atoms with E-state index in [2.05, 4.69) is 10.4 Å². The molecule has 0 spiro atoms. The number of para-hydroxylation sites is 1. The summed E-state index contributed by atoms with van der Waals surface area (Å²) in [5, 5.41) is 7.14. The lowest BCUT2D eigenvalue weighted by atomic mass is 10.3. The summed E-state index contributed by atoms with van der Waals surface area (Å²) < 4.78 is 1.24. The Hall–Kier alpha value is -2.08. The summed E-state index contributed by atoms with van der Waals surface area (Å²) >= 11 is 1.56. The summed E-state index contributed by atoms with van der Waals surface area (Å²) in [4.78, 5) is 25.0. The van der Waals surface area contributed by atoms with Crippen LogP contribution in [-0.2, 0) is 11.3 Å². The third-order valence-electron chi connectivity index (χ3n) is 3.56. The fraction of sp³-hybridized carbons (Fsp3) is 0.312. The third-order valence-corrected chi connectivity index (χ3v) is 4.35. The zero-order valence-corrected chi connectivity index (χ0v) is 13.1. The van der Waals surface area contributed by atoms with Gasteiger partial charge >= 0.3 is 0 Å². The molecule has 0 atom stereocenters. The number of carbonyl (C=O) groups is 1. The fourth-order valence-electron chi connectivity index (χ4n) is 2.25. The molecule has 1 N–H and O–H groups in total. The van der Waals surface area contributed by atoms with Crippen molar-refractivity contribution in [3.8, 4) is 0 Å². The number of carbonyl (C=O) groups excluding carboxylic acids is 1. The molecule has 1 amide bonds. The van der Waals surface area contributed by atoms with Crippen LogP contribution in [0, 0.1) is 0 Å². The van der Waals surface area contributed by atoms with Gasteiger partial charge in [0.05, 0.1) is 11.4 Å². The van der Waals surface area contributed by atoms with E-state index in [1.807, 2.05) is 30.5 Å². The lowest BCUT2D eigenvalue weighted by Gasteiger charge is -2.10. The number of nitrogens with zero attached hydrogens (tertiary/aromatic N) is 2. The van der Waals surface area contributed by atoms with Crippen LogP contribution in [0.15, 0.2) is 46.1 Å². The Morgan fingerprint density at radius 2 is 2.09 bits per heavy atom. The van der Waals surface area contributed by atoms with E-state index >= 15 is 0 Å². The van der Waals surface area contributed by atoms with Crippen molar-refractivity contribution in [3.63, 3.8) is 0 Å². The molecule has 0 radical (unpaired) electrons. The monoisotopic (exact) mass is 315 g/mol. The Bertz CT molecular complexity index is 753. The van der Waals surface area contributed by atoms with Gasteiger partial charge in [0.15, 0.2) is 0 Å². The molecule has 1 aliphatic carbocycles. The number of hydrogen-bond donors (Lipinski definition) is 1. The van der Waals surface area contributed by atoms with Gasteiger partial charge in [-0.05, 0) is 37.3 Å². The van der Waals surface area contributed by atoms with Crippen LogP contribution in [0.4, 0.5) is 5.69 Å². The average molecular weight is 315 g/mol. The van der Waals surface area contributed by atoms with E-state index in [0.717, 1.165) is 29.1 Å². The van der Waals surface area contributed by atoms with Gasteiger partial charge < -0.3 is 5.32 Å². The standard InChI is InChI=1S/C16H17N3O2S/c1-22-14-5-3-2-4-13(14)17-15(20)10-19-16(21)9-8-12(18-19)11-6-7-11/h2-5,8-9,11H,6-7,10H2,1H3,(H,17,20). The minimum atomic E-state index is -0.252. The maximum absolute atomic E-state index is 12.2. The molecule has 0 saturated heterocycles. The first-order valence-electron chi connectivity index (χ1n) is 7.18. The number of anilines is 1. The highest BCUT2D eigenvalue weighted by molar-refractivity contribution is 7.98. The highest BCUT2D eigenvalue weighted by Crippen LogP contribution is 2.38. The number of nitrogens with one attached hydrogen (secondary N) is 1. The second-order valence-corrected chi connectivity index (χ2v) is 6.12. The van der Waals surface area contributed by atoms with E-state index in [-0.39, 0.29) is 18.0 Å². The van der Waals surface area contributed by atoms with Crippen molar-refractivity contribution in [2.24, 2.45) is 0 Å². The van der Waals surface area contributed by atoms with Gasteiger partial charge in [0.25, 0.3) is 5.56 Å². The van der Waals surface area contributed by atoms with Crippen LogP contribution < -0.4 is 10.9 Å². The Labute approximate surface area is 132 Å². The first kappa shape index (κ1) is 14.8. The van der Waals surface area contributed by atoms with Crippen LogP contribution in [0.1, 0.15) is 24.5 Å². The molecule has 2 aromatic rings. The van der Waals surface area contributed by atoms with Crippen molar-refractivity contribution >= 4 is 23.4 Å². The largest absolute Gasteiger partial charge is 0.323 e. The van der Waals surface area contributed by atoms with Crippen LogP contribution >= 0.6 is 11.8 Å². The van der Waals surface area contributed by atoms with E-state index in [0.29, 0.717) is 5.92 Å². The molecule has 1 aromatic carbocycles. The lowest BCUT2D eigenvalue weighted by Crippen LogP contribution is -2.29. The maximum atomic E-state index is 12.2. The lowest BCUT2D eigenvalue weighted by molar-refractivity contribution is -0.117. The maximum Gasteiger partial charge on any atom is 0.267 e. The first-order valence-corrected chi connectivity index (χ1v) is 8.41. The van der Waals surface area contributed by atoms with Gasteiger partial charge in [0, 0.05) is 16.9 Å². The van der Waals surface area contributed by atoms with Gasteiger partial charge in [-0.2, -0.15) is 5.10 Å². The topological polar surface area (TPSA) is 64.0 Å². The van der Waals surface area contributed by atoms with E-state index in [1.54, 1.807) is 17.8 Å². The molecule has 114 valence electrons. The van der Waals surface area contributed by atoms with E-state index in [4.69, 9.17) is 0 Å². The Morgan fingerprint density at radius 1 is 1.32 bits per heavy atom. The third kappa shape index (κ3) is 3.39. The molecular formula is C16H17N3O2S. The van der Waals surface area contributed by atoms with Crippen molar-refractivity contribution in [2.75, 3.05) is 11.6 Å². The summed E-state index contributed by atoms with van der Waals surface area (Å²) in [6.07, 6.45) is 4.17. The highest BCUT2D eigenvalue weighted by atomic mass is 32.2. The fourth-order valence-corrected chi connectivity index (χ4v) is 2.80. The van der Waals surface area contributed by atoms with E-state index in [1.165, 1.54) is 10.7 Å². The van der Waals surface area contributed by atoms with Crippen molar-refractivity contribution in [1.29, 1.82) is 0 Å². The summed E-state index contributed by atoms with van der Waals surface area (Å²) in [6, 6.07) is 10.8. The van der Waals surface area contributed by atoms with Gasteiger partial charge in [0.2, 0.25) is 5.91 Å². The molecule has 3 rings (SSSR count). The zero-order chi connectivity index (χ0) is 15.5. The number of thioether (sulfide) groups is 1. The Balaban J connectivity index is 1.74. The molecule has 1 fully saturated rings. The molecule has 0 aliphatic heterocycles. The molecule has 5 nitrogen and oxygen atoms in total. The van der Waals surface area contributed by atoms with Crippen molar-refractivity contribution < 1.29 is 4.79 Å². The van der Waals surface area contributed by atoms with Crippen molar-refractivity contribution in [1.82, 2.24) is 9.78 Å². The van der Waals surface area contributed by atoms with Gasteiger partial charge in [-0.15, -0.1) is 11.8 Å². The van der Waals surface area contributed by atoms with Gasteiger partial charge in [-0.1, -0.05) is 12.1 Å². The summed E-state index contributed by atoms with van der Waals surface area (Å²) in [6.45, 7) is -0.0674. The van der Waals surface area contributed by atoms with E-state index < -0.39 is 0 Å². The summed E-state index contributed by atoms with van der Waals surface area (Å²) in [7, 11) is 0. The van der Waals surface area contributed by atoms with Crippen LogP contribution in [-0.4, -0.2) is 21.9 Å². The predicted molar refractivity (Wildman–Crippen MR) is 87.3 cm³/mol.